The topological polar surface area (TPSA) is 94.0 Å². The van der Waals surface area contributed by atoms with Crippen LogP contribution in [0.1, 0.15) is 36.9 Å². The summed E-state index contributed by atoms with van der Waals surface area (Å²) in [5.41, 5.74) is 2.97. The molecule has 1 atom stereocenters. The summed E-state index contributed by atoms with van der Waals surface area (Å²) in [6, 6.07) is 24.2. The largest absolute Gasteiger partial charge is 0.460 e. The van der Waals surface area contributed by atoms with Crippen molar-refractivity contribution in [1.29, 1.82) is 0 Å². The van der Waals surface area contributed by atoms with Crippen LogP contribution in [0.15, 0.2) is 83.7 Å². The third-order valence-electron chi connectivity index (χ3n) is 7.30. The number of esters is 2. The molecule has 0 aliphatic carbocycles. The molecule has 2 heterocycles. The molecule has 0 saturated carbocycles. The molecular formula is C33H36N4O5. The fraction of sp³-hybridized carbons (Fsp3) is 0.333. The molecule has 0 amide bonds. The first-order chi connectivity index (χ1) is 20.3. The van der Waals surface area contributed by atoms with Crippen LogP contribution in [0, 0.1) is 6.92 Å². The summed E-state index contributed by atoms with van der Waals surface area (Å²) in [7, 11) is 0. The van der Waals surface area contributed by atoms with Gasteiger partial charge in [0.1, 0.15) is 5.82 Å². The summed E-state index contributed by atoms with van der Waals surface area (Å²) in [5, 5.41) is 0.582. The highest BCUT2D eigenvalue weighted by atomic mass is 16.6. The van der Waals surface area contributed by atoms with Gasteiger partial charge in [0, 0.05) is 31.7 Å². The van der Waals surface area contributed by atoms with Crippen molar-refractivity contribution in [3.63, 3.8) is 0 Å². The molecule has 9 heteroatoms. The predicted molar refractivity (Wildman–Crippen MR) is 160 cm³/mol. The van der Waals surface area contributed by atoms with E-state index in [2.05, 4.69) is 4.90 Å². The fourth-order valence-corrected chi connectivity index (χ4v) is 5.18. The number of ether oxygens (including phenoxy) is 2. The van der Waals surface area contributed by atoms with Gasteiger partial charge in [-0.3, -0.25) is 24.0 Å². The smallest absolute Gasteiger partial charge is 0.352 e. The van der Waals surface area contributed by atoms with Crippen LogP contribution in [-0.2, 0) is 25.6 Å². The molecule has 0 spiro atoms. The first-order valence-corrected chi connectivity index (χ1v) is 14.3. The van der Waals surface area contributed by atoms with Gasteiger partial charge in [-0.25, -0.2) is 9.78 Å². The number of fused-ring (bicyclic) bond motifs is 1. The molecule has 4 aromatic rings. The molecule has 0 N–H and O–H groups in total. The van der Waals surface area contributed by atoms with E-state index in [0.717, 1.165) is 11.3 Å². The number of benzene rings is 3. The number of hydrogen-bond acceptors (Lipinski definition) is 8. The first kappa shape index (κ1) is 29.2. The number of para-hydroxylation sites is 2. The van der Waals surface area contributed by atoms with E-state index in [9.17, 15) is 14.4 Å². The van der Waals surface area contributed by atoms with Crippen molar-refractivity contribution in [2.24, 2.45) is 0 Å². The zero-order valence-electron chi connectivity index (χ0n) is 24.2. The minimum atomic E-state index is -1.11. The van der Waals surface area contributed by atoms with Gasteiger partial charge >= 0.3 is 11.9 Å². The lowest BCUT2D eigenvalue weighted by Gasteiger charge is -2.34. The van der Waals surface area contributed by atoms with Gasteiger partial charge in [-0.2, -0.15) is 0 Å². The molecule has 42 heavy (non-hydrogen) atoms. The van der Waals surface area contributed by atoms with E-state index >= 15 is 0 Å². The Labute approximate surface area is 245 Å². The highest BCUT2D eigenvalue weighted by Crippen LogP contribution is 2.21. The van der Waals surface area contributed by atoms with E-state index < -0.39 is 18.0 Å². The molecule has 1 aromatic heterocycles. The molecule has 0 radical (unpaired) electrons. The number of piperazine rings is 1. The van der Waals surface area contributed by atoms with E-state index in [0.29, 0.717) is 55.0 Å². The molecule has 9 nitrogen and oxygen atoms in total. The fourth-order valence-electron chi connectivity index (χ4n) is 5.18. The molecule has 0 bridgehead atoms. The molecule has 1 saturated heterocycles. The van der Waals surface area contributed by atoms with Crippen LogP contribution in [0.3, 0.4) is 0 Å². The van der Waals surface area contributed by atoms with Gasteiger partial charge in [0.2, 0.25) is 6.10 Å². The predicted octanol–water partition coefficient (Wildman–Crippen LogP) is 4.05. The summed E-state index contributed by atoms with van der Waals surface area (Å²) in [4.78, 5) is 48.4. The van der Waals surface area contributed by atoms with Crippen molar-refractivity contribution in [2.75, 3.05) is 32.7 Å². The molecule has 1 aliphatic rings. The van der Waals surface area contributed by atoms with Crippen LogP contribution in [0.25, 0.3) is 16.6 Å². The standard InChI is InChI=1S/C33H36N4O5/c1-23(2)41-33(40)31(25-12-5-4-6-13-25)42-30(38)22-36-19-17-35(18-20-36)21-29-34-27-15-9-8-14-26(27)32(39)37(29)28-16-10-7-11-24(28)3/h4-16,23,31H,17-22H2,1-3H3. The molecular weight excluding hydrogens is 532 g/mol. The van der Waals surface area contributed by atoms with Crippen molar-refractivity contribution in [3.8, 4) is 5.69 Å². The summed E-state index contributed by atoms with van der Waals surface area (Å²) in [6.45, 7) is 8.68. The normalized spacial score (nSPS) is 15.0. The molecule has 218 valence electrons. The zero-order valence-corrected chi connectivity index (χ0v) is 24.2. The van der Waals surface area contributed by atoms with E-state index in [1.807, 2.05) is 66.4 Å². The van der Waals surface area contributed by atoms with Crippen LogP contribution in [0.5, 0.6) is 0 Å². The number of carbonyl (C=O) groups is 2. The molecule has 5 rings (SSSR count). The van der Waals surface area contributed by atoms with Crippen LogP contribution >= 0.6 is 0 Å². The van der Waals surface area contributed by atoms with Crippen LogP contribution in [0.4, 0.5) is 0 Å². The molecule has 1 fully saturated rings. The Morgan fingerprint density at radius 3 is 2.19 bits per heavy atom. The summed E-state index contributed by atoms with van der Waals surface area (Å²) < 4.78 is 12.7. The van der Waals surface area contributed by atoms with Crippen molar-refractivity contribution >= 4 is 22.8 Å². The van der Waals surface area contributed by atoms with Gasteiger partial charge in [-0.1, -0.05) is 60.7 Å². The molecule has 1 unspecified atom stereocenters. The average Bonchev–Trinajstić information content (AvgIpc) is 2.98. The average molecular weight is 569 g/mol. The van der Waals surface area contributed by atoms with E-state index in [4.69, 9.17) is 14.5 Å². The minimum Gasteiger partial charge on any atom is -0.460 e. The van der Waals surface area contributed by atoms with Gasteiger partial charge in [-0.15, -0.1) is 0 Å². The van der Waals surface area contributed by atoms with Crippen LogP contribution in [0.2, 0.25) is 0 Å². The second-order valence-electron chi connectivity index (χ2n) is 10.8. The lowest BCUT2D eigenvalue weighted by Crippen LogP contribution is -2.48. The number of hydrogen-bond donors (Lipinski definition) is 0. The zero-order chi connectivity index (χ0) is 29.6. The van der Waals surface area contributed by atoms with Gasteiger partial charge in [0.25, 0.3) is 5.56 Å². The Balaban J connectivity index is 1.26. The van der Waals surface area contributed by atoms with Gasteiger partial charge in [0.05, 0.1) is 35.8 Å². The number of nitrogens with zero attached hydrogens (tertiary/aromatic N) is 4. The lowest BCUT2D eigenvalue weighted by molar-refractivity contribution is -0.172. The highest BCUT2D eigenvalue weighted by molar-refractivity contribution is 5.81. The Morgan fingerprint density at radius 1 is 0.833 bits per heavy atom. The monoisotopic (exact) mass is 568 g/mol. The number of aromatic nitrogens is 2. The van der Waals surface area contributed by atoms with E-state index in [-0.39, 0.29) is 18.2 Å². The summed E-state index contributed by atoms with van der Waals surface area (Å²) in [6.07, 6.45) is -1.44. The lowest BCUT2D eigenvalue weighted by atomic mass is 10.1. The van der Waals surface area contributed by atoms with E-state index in [1.165, 1.54) is 0 Å². The van der Waals surface area contributed by atoms with Gasteiger partial charge in [0.15, 0.2) is 0 Å². The Morgan fingerprint density at radius 2 is 1.48 bits per heavy atom. The number of carbonyl (C=O) groups excluding carboxylic acids is 2. The number of rotatable bonds is 9. The minimum absolute atomic E-state index is 0.0638. The van der Waals surface area contributed by atoms with Gasteiger partial charge < -0.3 is 9.47 Å². The van der Waals surface area contributed by atoms with Crippen LogP contribution in [-0.4, -0.2) is 70.1 Å². The second kappa shape index (κ2) is 13.1. The summed E-state index contributed by atoms with van der Waals surface area (Å²) >= 11 is 0. The molecule has 1 aliphatic heterocycles. The summed E-state index contributed by atoms with van der Waals surface area (Å²) in [5.74, 6) is -0.394. The Hall–Kier alpha value is -4.34. The highest BCUT2D eigenvalue weighted by Gasteiger charge is 2.29. The SMILES string of the molecule is Cc1ccccc1-n1c(CN2CCN(CC(=O)OC(C(=O)OC(C)C)c3ccccc3)CC2)nc2ccccc2c1=O. The van der Waals surface area contributed by atoms with Crippen LogP contribution < -0.4 is 5.56 Å². The second-order valence-corrected chi connectivity index (χ2v) is 10.8. The quantitative estimate of drug-likeness (QED) is 0.279. The maximum atomic E-state index is 13.6. The Bertz CT molecular complexity index is 1610. The van der Waals surface area contributed by atoms with Gasteiger partial charge in [-0.05, 0) is 44.5 Å². The third-order valence-corrected chi connectivity index (χ3v) is 7.30. The maximum Gasteiger partial charge on any atom is 0.352 e. The van der Waals surface area contributed by atoms with Crippen molar-refractivity contribution in [2.45, 2.75) is 39.5 Å². The first-order valence-electron chi connectivity index (χ1n) is 14.3. The van der Waals surface area contributed by atoms with Crippen molar-refractivity contribution < 1.29 is 19.1 Å². The maximum absolute atomic E-state index is 13.6. The van der Waals surface area contributed by atoms with Crippen molar-refractivity contribution in [1.82, 2.24) is 19.4 Å². The third kappa shape index (κ3) is 6.75. The van der Waals surface area contributed by atoms with E-state index in [1.54, 1.807) is 42.7 Å². The number of aryl methyl sites for hydroxylation is 1. The Kier molecular flexibility index (Phi) is 9.09. The van der Waals surface area contributed by atoms with Crippen molar-refractivity contribution in [3.05, 3.63) is 106 Å². The molecule has 3 aromatic carbocycles.